The molecule has 0 spiro atoms. The van der Waals surface area contributed by atoms with Gasteiger partial charge in [-0.1, -0.05) is 248 Å². The fourth-order valence-electron chi connectivity index (χ4n) is 10.4. The smallest absolute Gasteiger partial charge is 0.115 e. The summed E-state index contributed by atoms with van der Waals surface area (Å²) in [7, 11) is 0. The Hall–Kier alpha value is -7.07. The number of hydrogen-bond donors (Lipinski definition) is 3. The molecule has 9 rings (SSSR count). The van der Waals surface area contributed by atoms with Crippen LogP contribution in [0.1, 0.15) is 191 Å². The van der Waals surface area contributed by atoms with E-state index in [9.17, 15) is 10.2 Å². The van der Waals surface area contributed by atoms with Crippen LogP contribution in [0.3, 0.4) is 0 Å². The first-order valence-corrected chi connectivity index (χ1v) is 27.7. The van der Waals surface area contributed by atoms with E-state index in [-0.39, 0.29) is 17.8 Å². The van der Waals surface area contributed by atoms with Gasteiger partial charge in [0, 0.05) is 22.6 Å². The van der Waals surface area contributed by atoms with Crippen molar-refractivity contribution in [3.63, 3.8) is 0 Å². The van der Waals surface area contributed by atoms with Crippen molar-refractivity contribution in [1.82, 2.24) is 0 Å². The van der Waals surface area contributed by atoms with Crippen LogP contribution in [0.5, 0.6) is 11.5 Å². The van der Waals surface area contributed by atoms with E-state index in [4.69, 9.17) is 0 Å². The fourth-order valence-corrected chi connectivity index (χ4v) is 10.6. The molecular formula is C73H80O2S. The zero-order valence-corrected chi connectivity index (χ0v) is 47.9. The summed E-state index contributed by atoms with van der Waals surface area (Å²) in [6.07, 6.45) is 0. The lowest BCUT2D eigenvalue weighted by molar-refractivity contribution is 0.474. The van der Waals surface area contributed by atoms with Gasteiger partial charge in [0.25, 0.3) is 0 Å². The predicted octanol–water partition coefficient (Wildman–Crippen LogP) is 20.0. The first-order valence-electron chi connectivity index (χ1n) is 27.3. The van der Waals surface area contributed by atoms with E-state index in [1.54, 1.807) is 12.1 Å². The average Bonchev–Trinajstić information content (AvgIpc) is 3.38. The highest BCUT2D eigenvalue weighted by atomic mass is 32.1. The second kappa shape index (κ2) is 26.1. The molecule has 0 aliphatic heterocycles. The van der Waals surface area contributed by atoms with Crippen LogP contribution in [-0.4, -0.2) is 10.2 Å². The molecule has 0 saturated carbocycles. The van der Waals surface area contributed by atoms with Crippen LogP contribution < -0.4 is 0 Å². The van der Waals surface area contributed by atoms with Crippen LogP contribution in [0.25, 0.3) is 0 Å². The zero-order chi connectivity index (χ0) is 54.6. The Bertz CT molecular complexity index is 3010. The zero-order valence-electron chi connectivity index (χ0n) is 47.0. The van der Waals surface area contributed by atoms with Gasteiger partial charge in [-0.2, -0.15) is 0 Å². The van der Waals surface area contributed by atoms with Crippen molar-refractivity contribution in [2.24, 2.45) is 0 Å². The molecule has 0 aliphatic rings. The molecule has 0 aliphatic carbocycles. The lowest BCUT2D eigenvalue weighted by Gasteiger charge is -2.25. The summed E-state index contributed by atoms with van der Waals surface area (Å²) in [5, 5.41) is 19.6. The average molecular weight is 1020 g/mol. The van der Waals surface area contributed by atoms with Gasteiger partial charge in [0.1, 0.15) is 11.5 Å². The highest BCUT2D eigenvalue weighted by molar-refractivity contribution is 7.80. The molecule has 9 aromatic rings. The van der Waals surface area contributed by atoms with Gasteiger partial charge in [0.15, 0.2) is 0 Å². The van der Waals surface area contributed by atoms with Gasteiger partial charge in [-0.25, -0.2) is 0 Å². The molecule has 0 unspecified atom stereocenters. The van der Waals surface area contributed by atoms with Crippen LogP contribution in [0.15, 0.2) is 211 Å². The lowest BCUT2D eigenvalue weighted by Crippen LogP contribution is -2.08. The maximum absolute atomic E-state index is 9.95. The third-order valence-electron chi connectivity index (χ3n) is 14.4. The lowest BCUT2D eigenvalue weighted by atomic mass is 9.79. The van der Waals surface area contributed by atoms with E-state index in [2.05, 4.69) is 266 Å². The van der Waals surface area contributed by atoms with Crippen molar-refractivity contribution < 1.29 is 10.2 Å². The summed E-state index contributed by atoms with van der Waals surface area (Å²) in [6.45, 7) is 26.8. The number of aryl methyl sites for hydroxylation is 4. The highest BCUT2D eigenvalue weighted by Gasteiger charge is 2.23. The molecular weight excluding hydrogens is 941 g/mol. The Morgan fingerprint density at radius 2 is 0.474 bits per heavy atom. The highest BCUT2D eigenvalue weighted by Crippen LogP contribution is 2.40. The van der Waals surface area contributed by atoms with Gasteiger partial charge < -0.3 is 10.2 Å². The van der Waals surface area contributed by atoms with Gasteiger partial charge >= 0.3 is 0 Å². The summed E-state index contributed by atoms with van der Waals surface area (Å²) < 4.78 is 0. The van der Waals surface area contributed by atoms with Crippen LogP contribution in [-0.2, 0) is 0 Å². The summed E-state index contributed by atoms with van der Waals surface area (Å²) in [6, 6.07) is 72.8. The number of thiol groups is 1. The molecule has 2 N–H and O–H groups in total. The topological polar surface area (TPSA) is 40.5 Å². The molecule has 76 heavy (non-hydrogen) atoms. The maximum Gasteiger partial charge on any atom is 0.115 e. The van der Waals surface area contributed by atoms with Crippen molar-refractivity contribution in [3.05, 3.63) is 301 Å². The second-order valence-corrected chi connectivity index (χ2v) is 22.7. The summed E-state index contributed by atoms with van der Waals surface area (Å²) in [5.74, 6) is 3.07. The van der Waals surface area contributed by atoms with Gasteiger partial charge in [-0.05, 0) is 160 Å². The van der Waals surface area contributed by atoms with Crippen molar-refractivity contribution in [2.75, 3.05) is 0 Å². The Kier molecular flexibility index (Phi) is 19.5. The molecule has 0 fully saturated rings. The number of phenols is 2. The molecule has 2 nitrogen and oxygen atoms in total. The van der Waals surface area contributed by atoms with Crippen molar-refractivity contribution in [2.45, 2.75) is 129 Å². The van der Waals surface area contributed by atoms with Crippen LogP contribution in [0, 0.1) is 27.7 Å². The molecule has 0 atom stereocenters. The standard InChI is InChI=1S/C31H40O.C23H24O.C19H16S/c1-19(2)24-13-25(20(3)4)16-28(15-24)31(23-9-11-30(32)12-10-23)29-17-26(21(5)6)14-27(18-29)22(7)8;1-15-9-16(2)12-20(11-15)23(19-5-7-22(24)8-6-19)21-13-17(3)10-18(4)14-21;20-18-13-11-17(12-14-18)19(15-7-3-1-4-8-15)16-9-5-2-6-10-16/h9-22,31-32H,1-8H3;5-14,23-24H,1-4H3;1-14,19-20H. The van der Waals surface area contributed by atoms with E-state index < -0.39 is 0 Å². The normalized spacial score (nSPS) is 11.4. The third-order valence-corrected chi connectivity index (χ3v) is 14.7. The molecule has 0 bridgehead atoms. The second-order valence-electron chi connectivity index (χ2n) is 22.2. The van der Waals surface area contributed by atoms with Crippen LogP contribution >= 0.6 is 12.6 Å². The van der Waals surface area contributed by atoms with E-state index >= 15 is 0 Å². The minimum absolute atomic E-state index is 0.128. The van der Waals surface area contributed by atoms with E-state index in [1.165, 1.54) is 94.6 Å². The predicted molar refractivity (Wildman–Crippen MR) is 327 cm³/mol. The summed E-state index contributed by atoms with van der Waals surface area (Å²) in [4.78, 5) is 0.994. The maximum atomic E-state index is 9.95. The Morgan fingerprint density at radius 1 is 0.250 bits per heavy atom. The summed E-state index contributed by atoms with van der Waals surface area (Å²) >= 11 is 4.37. The van der Waals surface area contributed by atoms with E-state index in [0.717, 1.165) is 4.90 Å². The molecule has 0 heterocycles. The monoisotopic (exact) mass is 1020 g/mol. The number of phenolic OH excluding ortho intramolecular Hbond substituents is 2. The third kappa shape index (κ3) is 15.1. The first-order chi connectivity index (χ1) is 36.3. The first kappa shape index (κ1) is 56.7. The quantitative estimate of drug-likeness (QED) is 0.0796. The van der Waals surface area contributed by atoms with Gasteiger partial charge in [0.05, 0.1) is 0 Å². The number of benzene rings is 9. The molecule has 0 aromatic heterocycles. The van der Waals surface area contributed by atoms with Gasteiger partial charge in [-0.15, -0.1) is 12.6 Å². The van der Waals surface area contributed by atoms with E-state index in [1.807, 2.05) is 24.3 Å². The molecule has 0 radical (unpaired) electrons. The Balaban J connectivity index is 0.000000171. The number of hydrogen-bond acceptors (Lipinski definition) is 3. The molecule has 3 heteroatoms. The largest absolute Gasteiger partial charge is 0.508 e. The minimum atomic E-state index is 0.128. The van der Waals surface area contributed by atoms with Crippen LogP contribution in [0.2, 0.25) is 0 Å². The van der Waals surface area contributed by atoms with Crippen molar-refractivity contribution >= 4 is 12.6 Å². The fraction of sp³-hybridized carbons (Fsp3) is 0.260. The molecule has 0 amide bonds. The van der Waals surface area contributed by atoms with Crippen molar-refractivity contribution in [1.29, 1.82) is 0 Å². The SMILES string of the molecule is CC(C)c1cc(C(C)C)cc(C(c2ccc(O)cc2)c2cc(C(C)C)cc(C(C)C)c2)c1.Cc1cc(C)cc(C(c2ccc(O)cc2)c2cc(C)cc(C)c2)c1.Sc1ccc(C(c2ccccc2)c2ccccc2)cc1. The summed E-state index contributed by atoms with van der Waals surface area (Å²) in [5.41, 5.74) is 22.2. The van der Waals surface area contributed by atoms with E-state index in [0.29, 0.717) is 35.2 Å². The Labute approximate surface area is 462 Å². The number of rotatable bonds is 13. The molecule has 0 saturated heterocycles. The molecule has 390 valence electrons. The van der Waals surface area contributed by atoms with Crippen LogP contribution in [0.4, 0.5) is 0 Å². The Morgan fingerprint density at radius 3 is 0.750 bits per heavy atom. The van der Waals surface area contributed by atoms with Gasteiger partial charge in [-0.3, -0.25) is 0 Å². The molecule has 9 aromatic carbocycles. The minimum Gasteiger partial charge on any atom is -0.508 e. The van der Waals surface area contributed by atoms with Crippen molar-refractivity contribution in [3.8, 4) is 11.5 Å². The number of aromatic hydroxyl groups is 2. The van der Waals surface area contributed by atoms with Gasteiger partial charge in [0.2, 0.25) is 0 Å².